The van der Waals surface area contributed by atoms with Crippen LogP contribution >= 0.6 is 0 Å². The van der Waals surface area contributed by atoms with Gasteiger partial charge in [0.15, 0.2) is 5.69 Å². The van der Waals surface area contributed by atoms with Gasteiger partial charge < -0.3 is 10.2 Å². The summed E-state index contributed by atoms with van der Waals surface area (Å²) >= 11 is 0. The van der Waals surface area contributed by atoms with E-state index >= 15 is 0 Å². The Bertz CT molecular complexity index is 293. The lowest BCUT2D eigenvalue weighted by Gasteiger charge is -2.02. The van der Waals surface area contributed by atoms with Crippen molar-refractivity contribution in [3.05, 3.63) is 18.0 Å². The minimum Gasteiger partial charge on any atom is -0.476 e. The molecule has 0 saturated carbocycles. The molecule has 1 heterocycles. The standard InChI is InChI=1S/C8H12N2O3/c1-6(11)2-4-10-5-3-7(9-10)8(12)13/h3,5-6,11H,2,4H2,1H3,(H,12,13). The van der Waals surface area contributed by atoms with Crippen LogP contribution in [0.4, 0.5) is 0 Å². The van der Waals surface area contributed by atoms with E-state index in [1.165, 1.54) is 10.7 Å². The van der Waals surface area contributed by atoms with Crippen LogP contribution in [0.2, 0.25) is 0 Å². The minimum atomic E-state index is -1.03. The molecule has 0 aliphatic heterocycles. The number of aromatic carboxylic acids is 1. The first-order valence-corrected chi connectivity index (χ1v) is 4.04. The molecule has 1 unspecified atom stereocenters. The van der Waals surface area contributed by atoms with Crippen LogP contribution in [0.25, 0.3) is 0 Å². The van der Waals surface area contributed by atoms with E-state index in [1.807, 2.05) is 0 Å². The van der Waals surface area contributed by atoms with E-state index in [9.17, 15) is 4.79 Å². The zero-order valence-corrected chi connectivity index (χ0v) is 7.34. The van der Waals surface area contributed by atoms with E-state index in [2.05, 4.69) is 5.10 Å². The summed E-state index contributed by atoms with van der Waals surface area (Å²) in [5, 5.41) is 21.3. The molecule has 1 rings (SSSR count). The highest BCUT2D eigenvalue weighted by Crippen LogP contribution is 1.98. The zero-order valence-electron chi connectivity index (χ0n) is 7.34. The molecule has 0 bridgehead atoms. The number of aliphatic hydroxyl groups is 1. The van der Waals surface area contributed by atoms with Crippen LogP contribution in [0.5, 0.6) is 0 Å². The number of aliphatic hydroxyl groups excluding tert-OH is 1. The lowest BCUT2D eigenvalue weighted by atomic mass is 10.3. The van der Waals surface area contributed by atoms with Gasteiger partial charge in [0.2, 0.25) is 0 Å². The van der Waals surface area contributed by atoms with Crippen LogP contribution in [0.3, 0.4) is 0 Å². The van der Waals surface area contributed by atoms with Crippen molar-refractivity contribution in [2.45, 2.75) is 26.0 Å². The van der Waals surface area contributed by atoms with Crippen molar-refractivity contribution in [3.63, 3.8) is 0 Å². The molecular weight excluding hydrogens is 172 g/mol. The quantitative estimate of drug-likeness (QED) is 0.708. The molecule has 1 atom stereocenters. The molecule has 0 spiro atoms. The van der Waals surface area contributed by atoms with Gasteiger partial charge in [0.25, 0.3) is 0 Å². The molecule has 0 saturated heterocycles. The monoisotopic (exact) mass is 184 g/mol. The van der Waals surface area contributed by atoms with Gasteiger partial charge >= 0.3 is 5.97 Å². The molecule has 0 aliphatic rings. The maximum Gasteiger partial charge on any atom is 0.356 e. The highest BCUT2D eigenvalue weighted by Gasteiger charge is 2.06. The van der Waals surface area contributed by atoms with Gasteiger partial charge in [-0.05, 0) is 19.4 Å². The first kappa shape index (κ1) is 9.73. The summed E-state index contributed by atoms with van der Waals surface area (Å²) in [6.45, 7) is 2.21. The summed E-state index contributed by atoms with van der Waals surface area (Å²) in [4.78, 5) is 10.4. The lowest BCUT2D eigenvalue weighted by Crippen LogP contribution is -2.08. The van der Waals surface area contributed by atoms with E-state index in [1.54, 1.807) is 13.1 Å². The van der Waals surface area contributed by atoms with Crippen LogP contribution in [-0.4, -0.2) is 32.1 Å². The molecule has 72 valence electrons. The summed E-state index contributed by atoms with van der Waals surface area (Å²) in [6, 6.07) is 1.43. The van der Waals surface area contributed by atoms with Crippen LogP contribution < -0.4 is 0 Å². The lowest BCUT2D eigenvalue weighted by molar-refractivity contribution is 0.0689. The van der Waals surface area contributed by atoms with Gasteiger partial charge in [0.1, 0.15) is 0 Å². The van der Waals surface area contributed by atoms with Gasteiger partial charge in [0.05, 0.1) is 6.10 Å². The average Bonchev–Trinajstić information content (AvgIpc) is 2.48. The Kier molecular flexibility index (Phi) is 3.02. The molecule has 5 heteroatoms. The van der Waals surface area contributed by atoms with Crippen molar-refractivity contribution in [1.29, 1.82) is 0 Å². The predicted octanol–water partition coefficient (Wildman–Crippen LogP) is 0.352. The topological polar surface area (TPSA) is 75.4 Å². The Labute approximate surface area is 75.6 Å². The molecule has 1 aromatic rings. The number of hydrogen-bond donors (Lipinski definition) is 2. The molecular formula is C8H12N2O3. The fraction of sp³-hybridized carbons (Fsp3) is 0.500. The number of hydrogen-bond acceptors (Lipinski definition) is 3. The maximum absolute atomic E-state index is 10.4. The SMILES string of the molecule is CC(O)CCn1ccc(C(=O)O)n1. The van der Waals surface area contributed by atoms with E-state index in [0.29, 0.717) is 13.0 Å². The summed E-state index contributed by atoms with van der Waals surface area (Å²) in [5.41, 5.74) is 0.0330. The van der Waals surface area contributed by atoms with Gasteiger partial charge in [-0.1, -0.05) is 0 Å². The number of carbonyl (C=O) groups is 1. The van der Waals surface area contributed by atoms with Crippen molar-refractivity contribution in [2.75, 3.05) is 0 Å². The molecule has 0 radical (unpaired) electrons. The Hall–Kier alpha value is -1.36. The van der Waals surface area contributed by atoms with Crippen LogP contribution in [0.1, 0.15) is 23.8 Å². The van der Waals surface area contributed by atoms with Crippen molar-refractivity contribution < 1.29 is 15.0 Å². The van der Waals surface area contributed by atoms with E-state index in [-0.39, 0.29) is 5.69 Å². The minimum absolute atomic E-state index is 0.0330. The van der Waals surface area contributed by atoms with Crippen LogP contribution in [0.15, 0.2) is 12.3 Å². The van der Waals surface area contributed by atoms with E-state index in [4.69, 9.17) is 10.2 Å². The van der Waals surface area contributed by atoms with Gasteiger partial charge in [-0.15, -0.1) is 0 Å². The first-order valence-electron chi connectivity index (χ1n) is 4.04. The predicted molar refractivity (Wildman–Crippen MR) is 45.5 cm³/mol. The van der Waals surface area contributed by atoms with Crippen molar-refractivity contribution in [1.82, 2.24) is 9.78 Å². The van der Waals surface area contributed by atoms with Crippen molar-refractivity contribution in [2.24, 2.45) is 0 Å². The number of aryl methyl sites for hydroxylation is 1. The molecule has 0 amide bonds. The Balaban J connectivity index is 2.54. The molecule has 0 aromatic carbocycles. The fourth-order valence-electron chi connectivity index (χ4n) is 0.919. The molecule has 2 N–H and O–H groups in total. The average molecular weight is 184 g/mol. The third-order valence-electron chi connectivity index (χ3n) is 1.64. The maximum atomic E-state index is 10.4. The normalized spacial score (nSPS) is 12.8. The number of carboxylic acids is 1. The molecule has 5 nitrogen and oxygen atoms in total. The van der Waals surface area contributed by atoms with Gasteiger partial charge in [-0.3, -0.25) is 4.68 Å². The smallest absolute Gasteiger partial charge is 0.356 e. The van der Waals surface area contributed by atoms with Crippen molar-refractivity contribution in [3.8, 4) is 0 Å². The van der Waals surface area contributed by atoms with Gasteiger partial charge in [-0.2, -0.15) is 5.10 Å². The second kappa shape index (κ2) is 4.04. The van der Waals surface area contributed by atoms with Crippen LogP contribution in [-0.2, 0) is 6.54 Å². The van der Waals surface area contributed by atoms with Crippen LogP contribution in [0, 0.1) is 0 Å². The molecule has 0 fully saturated rings. The first-order chi connectivity index (χ1) is 6.09. The van der Waals surface area contributed by atoms with E-state index < -0.39 is 12.1 Å². The highest BCUT2D eigenvalue weighted by atomic mass is 16.4. The Morgan fingerprint density at radius 1 is 1.77 bits per heavy atom. The summed E-state index contributed by atoms with van der Waals surface area (Å²) < 4.78 is 1.51. The highest BCUT2D eigenvalue weighted by molar-refractivity contribution is 5.84. The Morgan fingerprint density at radius 2 is 2.46 bits per heavy atom. The van der Waals surface area contributed by atoms with Crippen molar-refractivity contribution >= 4 is 5.97 Å². The molecule has 1 aromatic heterocycles. The Morgan fingerprint density at radius 3 is 2.92 bits per heavy atom. The number of rotatable bonds is 4. The fourth-order valence-corrected chi connectivity index (χ4v) is 0.919. The second-order valence-electron chi connectivity index (χ2n) is 2.91. The molecule has 13 heavy (non-hydrogen) atoms. The summed E-state index contributed by atoms with van der Waals surface area (Å²) in [5.74, 6) is -1.03. The van der Waals surface area contributed by atoms with Gasteiger partial charge in [0, 0.05) is 12.7 Å². The van der Waals surface area contributed by atoms with Gasteiger partial charge in [-0.25, -0.2) is 4.79 Å². The summed E-state index contributed by atoms with van der Waals surface area (Å²) in [6.07, 6.45) is 1.77. The number of nitrogens with zero attached hydrogens (tertiary/aromatic N) is 2. The third-order valence-corrected chi connectivity index (χ3v) is 1.64. The molecule has 0 aliphatic carbocycles. The second-order valence-corrected chi connectivity index (χ2v) is 2.91. The number of carboxylic acid groups (broad SMARTS) is 1. The van der Waals surface area contributed by atoms with E-state index in [0.717, 1.165) is 0 Å². The largest absolute Gasteiger partial charge is 0.476 e. The third kappa shape index (κ3) is 2.87. The summed E-state index contributed by atoms with van der Waals surface area (Å²) in [7, 11) is 0. The zero-order chi connectivity index (χ0) is 9.84. The number of aromatic nitrogens is 2.